The fourth-order valence-electron chi connectivity index (χ4n) is 2.30. The molecule has 8 heteroatoms. The van der Waals surface area contributed by atoms with E-state index in [1.807, 2.05) is 4.90 Å². The van der Waals surface area contributed by atoms with Gasteiger partial charge in [-0.3, -0.25) is 5.43 Å². The Labute approximate surface area is 129 Å². The van der Waals surface area contributed by atoms with Gasteiger partial charge in [-0.05, 0) is 31.0 Å². The predicted molar refractivity (Wildman–Crippen MR) is 83.3 cm³/mol. The Bertz CT molecular complexity index is 764. The lowest BCUT2D eigenvalue weighted by atomic mass is 10.2. The Morgan fingerprint density at radius 2 is 1.91 bits per heavy atom. The van der Waals surface area contributed by atoms with E-state index < -0.39 is 9.84 Å². The summed E-state index contributed by atoms with van der Waals surface area (Å²) in [6.07, 6.45) is 3.22. The van der Waals surface area contributed by atoms with Gasteiger partial charge in [-0.1, -0.05) is 0 Å². The molecule has 0 spiro atoms. The summed E-state index contributed by atoms with van der Waals surface area (Å²) in [4.78, 5) is 2.28. The van der Waals surface area contributed by atoms with Gasteiger partial charge in [0.05, 0.1) is 16.3 Å². The van der Waals surface area contributed by atoms with Crippen molar-refractivity contribution >= 4 is 26.9 Å². The van der Waals surface area contributed by atoms with Crippen molar-refractivity contribution in [2.75, 3.05) is 29.7 Å². The van der Waals surface area contributed by atoms with Gasteiger partial charge >= 0.3 is 0 Å². The maximum absolute atomic E-state index is 11.9. The van der Waals surface area contributed by atoms with Crippen LogP contribution in [0.3, 0.4) is 0 Å². The second kappa shape index (κ2) is 6.46. The SMILES string of the molecule is CS(=O)(=O)c1ccc(NN=C(C#N)C#N)cc1N1CCCC1. The van der Waals surface area contributed by atoms with Crippen molar-refractivity contribution in [3.8, 4) is 12.1 Å². The molecule has 0 bridgehead atoms. The van der Waals surface area contributed by atoms with E-state index in [9.17, 15) is 8.42 Å². The van der Waals surface area contributed by atoms with Gasteiger partial charge in [0.25, 0.3) is 0 Å². The number of sulfone groups is 1. The lowest BCUT2D eigenvalue weighted by molar-refractivity contribution is 0.601. The number of nitriles is 2. The molecule has 1 aliphatic heterocycles. The molecule has 2 rings (SSSR count). The largest absolute Gasteiger partial charge is 0.370 e. The number of rotatable bonds is 4. The van der Waals surface area contributed by atoms with Crippen molar-refractivity contribution in [1.82, 2.24) is 0 Å². The van der Waals surface area contributed by atoms with Gasteiger partial charge in [0.15, 0.2) is 9.84 Å². The van der Waals surface area contributed by atoms with Gasteiger partial charge in [0.2, 0.25) is 5.71 Å². The molecule has 7 nitrogen and oxygen atoms in total. The molecule has 0 radical (unpaired) electrons. The van der Waals surface area contributed by atoms with Crippen LogP contribution in [0.25, 0.3) is 0 Å². The molecule has 1 N–H and O–H groups in total. The molecule has 0 amide bonds. The third-order valence-electron chi connectivity index (χ3n) is 3.31. The van der Waals surface area contributed by atoms with E-state index in [0.29, 0.717) is 11.4 Å². The summed E-state index contributed by atoms with van der Waals surface area (Å²) in [5, 5.41) is 21.0. The number of hydrogen-bond acceptors (Lipinski definition) is 7. The molecular weight excluding hydrogens is 302 g/mol. The standard InChI is InChI=1S/C14H15N5O2S/c1-22(20,21)14-5-4-11(17-18-12(9-15)10-16)8-13(14)19-6-2-3-7-19/h4-5,8,17H,2-3,6-7H2,1H3. The van der Waals surface area contributed by atoms with Crippen molar-refractivity contribution in [3.05, 3.63) is 18.2 Å². The third-order valence-corrected chi connectivity index (χ3v) is 4.46. The first-order chi connectivity index (χ1) is 10.5. The molecule has 1 fully saturated rings. The van der Waals surface area contributed by atoms with Crippen LogP contribution in [-0.2, 0) is 9.84 Å². The zero-order valence-electron chi connectivity index (χ0n) is 12.1. The molecule has 0 atom stereocenters. The molecule has 1 aromatic carbocycles. The van der Waals surface area contributed by atoms with Crippen molar-refractivity contribution in [1.29, 1.82) is 10.5 Å². The fraction of sp³-hybridized carbons (Fsp3) is 0.357. The van der Waals surface area contributed by atoms with Gasteiger partial charge in [-0.15, -0.1) is 0 Å². The molecule has 1 saturated heterocycles. The average Bonchev–Trinajstić information content (AvgIpc) is 3.01. The first-order valence-corrected chi connectivity index (χ1v) is 8.58. The summed E-state index contributed by atoms with van der Waals surface area (Å²) < 4.78 is 23.8. The molecule has 0 aliphatic carbocycles. The Balaban J connectivity index is 2.40. The van der Waals surface area contributed by atoms with E-state index in [1.54, 1.807) is 24.3 Å². The second-order valence-electron chi connectivity index (χ2n) is 4.94. The maximum atomic E-state index is 11.9. The Morgan fingerprint density at radius 1 is 1.27 bits per heavy atom. The fourth-order valence-corrected chi connectivity index (χ4v) is 3.18. The van der Waals surface area contributed by atoms with E-state index in [2.05, 4.69) is 10.5 Å². The van der Waals surface area contributed by atoms with Crippen LogP contribution in [0.2, 0.25) is 0 Å². The monoisotopic (exact) mass is 317 g/mol. The number of anilines is 2. The molecule has 114 valence electrons. The summed E-state index contributed by atoms with van der Waals surface area (Å²) >= 11 is 0. The minimum absolute atomic E-state index is 0.268. The van der Waals surface area contributed by atoms with Crippen LogP contribution in [0.5, 0.6) is 0 Å². The minimum atomic E-state index is -3.34. The highest BCUT2D eigenvalue weighted by molar-refractivity contribution is 7.90. The smallest absolute Gasteiger partial charge is 0.237 e. The zero-order chi connectivity index (χ0) is 16.2. The quantitative estimate of drug-likeness (QED) is 0.666. The van der Waals surface area contributed by atoms with Crippen LogP contribution in [0.15, 0.2) is 28.2 Å². The van der Waals surface area contributed by atoms with Crippen LogP contribution >= 0.6 is 0 Å². The molecule has 22 heavy (non-hydrogen) atoms. The lowest BCUT2D eigenvalue weighted by Gasteiger charge is -2.21. The van der Waals surface area contributed by atoms with E-state index in [-0.39, 0.29) is 10.6 Å². The van der Waals surface area contributed by atoms with Crippen molar-refractivity contribution in [2.45, 2.75) is 17.7 Å². The summed E-state index contributed by atoms with van der Waals surface area (Å²) in [5.74, 6) is 0. The summed E-state index contributed by atoms with van der Waals surface area (Å²) in [6.45, 7) is 1.60. The van der Waals surface area contributed by atoms with E-state index in [1.165, 1.54) is 12.3 Å². The Morgan fingerprint density at radius 3 is 2.45 bits per heavy atom. The van der Waals surface area contributed by atoms with Crippen molar-refractivity contribution in [2.24, 2.45) is 5.10 Å². The number of nitrogens with one attached hydrogen (secondary N) is 1. The topological polar surface area (TPSA) is 109 Å². The van der Waals surface area contributed by atoms with Gasteiger partial charge in [0.1, 0.15) is 12.1 Å². The zero-order valence-corrected chi connectivity index (χ0v) is 12.9. The first-order valence-electron chi connectivity index (χ1n) is 6.68. The van der Waals surface area contributed by atoms with Crippen molar-refractivity contribution < 1.29 is 8.42 Å². The molecular formula is C14H15N5O2S. The molecule has 0 aromatic heterocycles. The normalized spacial score (nSPS) is 14.0. The summed E-state index contributed by atoms with van der Waals surface area (Å²) in [6, 6.07) is 8.05. The number of benzene rings is 1. The van der Waals surface area contributed by atoms with Crippen LogP contribution in [0, 0.1) is 22.7 Å². The summed E-state index contributed by atoms with van der Waals surface area (Å²) in [7, 11) is -3.34. The van der Waals surface area contributed by atoms with Crippen LogP contribution < -0.4 is 10.3 Å². The minimum Gasteiger partial charge on any atom is -0.370 e. The maximum Gasteiger partial charge on any atom is 0.237 e. The van der Waals surface area contributed by atoms with Crippen LogP contribution in [-0.4, -0.2) is 33.5 Å². The first kappa shape index (κ1) is 15.8. The van der Waals surface area contributed by atoms with Crippen LogP contribution in [0.1, 0.15) is 12.8 Å². The number of hydrazone groups is 1. The summed E-state index contributed by atoms with van der Waals surface area (Å²) in [5.41, 5.74) is 3.46. The van der Waals surface area contributed by atoms with Gasteiger partial charge in [0, 0.05) is 19.3 Å². The third kappa shape index (κ3) is 3.54. The number of nitrogens with zero attached hydrogens (tertiary/aromatic N) is 4. The second-order valence-corrected chi connectivity index (χ2v) is 6.93. The van der Waals surface area contributed by atoms with Gasteiger partial charge in [-0.2, -0.15) is 15.6 Å². The Kier molecular flexibility index (Phi) is 4.64. The highest BCUT2D eigenvalue weighted by Crippen LogP contribution is 2.31. The molecule has 0 saturated carbocycles. The molecule has 1 heterocycles. The number of hydrogen-bond donors (Lipinski definition) is 1. The van der Waals surface area contributed by atoms with Gasteiger partial charge < -0.3 is 4.90 Å². The molecule has 0 unspecified atom stereocenters. The van der Waals surface area contributed by atoms with E-state index in [0.717, 1.165) is 25.9 Å². The lowest BCUT2D eigenvalue weighted by Crippen LogP contribution is -2.20. The highest BCUT2D eigenvalue weighted by atomic mass is 32.2. The molecule has 1 aromatic rings. The molecule has 1 aliphatic rings. The highest BCUT2D eigenvalue weighted by Gasteiger charge is 2.21. The van der Waals surface area contributed by atoms with Crippen molar-refractivity contribution in [3.63, 3.8) is 0 Å². The van der Waals surface area contributed by atoms with E-state index in [4.69, 9.17) is 10.5 Å². The van der Waals surface area contributed by atoms with Gasteiger partial charge in [-0.25, -0.2) is 8.42 Å². The average molecular weight is 317 g/mol. The Hall–Kier alpha value is -2.58. The van der Waals surface area contributed by atoms with E-state index >= 15 is 0 Å². The predicted octanol–water partition coefficient (Wildman–Crippen LogP) is 1.51. The van der Waals surface area contributed by atoms with Crippen LogP contribution in [0.4, 0.5) is 11.4 Å².